The Balaban J connectivity index is 3.09. The zero-order valence-electron chi connectivity index (χ0n) is 15.4. The number of alkyl halides is 3. The van der Waals surface area contributed by atoms with Crippen LogP contribution in [0.5, 0.6) is 0 Å². The van der Waals surface area contributed by atoms with Gasteiger partial charge in [-0.05, 0) is 31.0 Å². The quantitative estimate of drug-likeness (QED) is 0.719. The molecule has 1 aromatic carbocycles. The molecule has 0 fully saturated rings. The van der Waals surface area contributed by atoms with Crippen LogP contribution in [0.25, 0.3) is 0 Å². The van der Waals surface area contributed by atoms with Gasteiger partial charge in [-0.1, -0.05) is 25.4 Å². The molecule has 0 bridgehead atoms. The summed E-state index contributed by atoms with van der Waals surface area (Å²) in [7, 11) is 1.26. The fourth-order valence-electron chi connectivity index (χ4n) is 2.33. The molecule has 0 aliphatic carbocycles. The van der Waals surface area contributed by atoms with E-state index in [1.165, 1.54) is 7.05 Å². The number of benzene rings is 1. The Bertz CT molecular complexity index is 781. The molecule has 2 N–H and O–H groups in total. The summed E-state index contributed by atoms with van der Waals surface area (Å²) in [4.78, 5) is 36.4. The van der Waals surface area contributed by atoms with Crippen molar-refractivity contribution < 1.29 is 37.8 Å². The van der Waals surface area contributed by atoms with Gasteiger partial charge >= 0.3 is 6.18 Å². The Morgan fingerprint density at radius 1 is 1.25 bits per heavy atom. The third kappa shape index (κ3) is 4.93. The van der Waals surface area contributed by atoms with Crippen LogP contribution in [-0.4, -0.2) is 52.7 Å². The van der Waals surface area contributed by atoms with Crippen LogP contribution in [-0.2, 0) is 9.59 Å². The lowest BCUT2D eigenvalue weighted by Crippen LogP contribution is -2.52. The lowest BCUT2D eigenvalue weighted by Gasteiger charge is -2.32. The highest BCUT2D eigenvalue weighted by molar-refractivity contribution is 6.34. The number of carbonyl (C=O) groups excluding carboxylic acids is 3. The van der Waals surface area contributed by atoms with Gasteiger partial charge in [0, 0.05) is 12.6 Å². The second kappa shape index (κ2) is 8.36. The van der Waals surface area contributed by atoms with E-state index in [2.05, 4.69) is 0 Å². The molecule has 1 aromatic rings. The number of aliphatic carboxylic acids is 1. The predicted octanol–water partition coefficient (Wildman–Crippen LogP) is 1.44. The second-order valence-electron chi connectivity index (χ2n) is 6.64. The monoisotopic (exact) mass is 423 g/mol. The molecular weight excluding hydrogens is 405 g/mol. The second-order valence-corrected chi connectivity index (χ2v) is 7.05. The number of hydrogen-bond donors (Lipinski definition) is 2. The molecule has 1 rings (SSSR count). The van der Waals surface area contributed by atoms with Crippen molar-refractivity contribution in [2.75, 3.05) is 12.4 Å². The van der Waals surface area contributed by atoms with E-state index < -0.39 is 41.5 Å². The molecule has 0 spiro atoms. The largest absolute Gasteiger partial charge is 0.548 e. The van der Waals surface area contributed by atoms with Gasteiger partial charge in [0.25, 0.3) is 11.8 Å². The Kier molecular flexibility index (Phi) is 7.08. The number of hydrogen-bond acceptors (Lipinski definition) is 5. The third-order valence-electron chi connectivity index (χ3n) is 4.07. The SMILES string of the molecule is CC(C)[C@@H](C(=O)[O-])N(C)C(=O)c1ccc(NC(=O)[C@@](C)(O)C(F)(F)F)c(Cl)c1. The maximum atomic E-state index is 12.7. The molecule has 2 atom stereocenters. The molecule has 0 saturated heterocycles. The fraction of sp³-hybridized carbons (Fsp3) is 0.471. The number of aliphatic hydroxyl groups is 1. The van der Waals surface area contributed by atoms with Crippen molar-refractivity contribution in [2.24, 2.45) is 5.92 Å². The summed E-state index contributed by atoms with van der Waals surface area (Å²) in [6.07, 6.45) is -5.21. The highest BCUT2D eigenvalue weighted by Crippen LogP contribution is 2.32. The Morgan fingerprint density at radius 3 is 2.18 bits per heavy atom. The predicted molar refractivity (Wildman–Crippen MR) is 92.5 cm³/mol. The minimum absolute atomic E-state index is 0.0556. The smallest absolute Gasteiger partial charge is 0.426 e. The van der Waals surface area contributed by atoms with Crippen LogP contribution >= 0.6 is 11.6 Å². The van der Waals surface area contributed by atoms with E-state index in [1.807, 2.05) is 5.32 Å². The Morgan fingerprint density at radius 2 is 1.79 bits per heavy atom. The van der Waals surface area contributed by atoms with Crippen molar-refractivity contribution in [3.63, 3.8) is 0 Å². The van der Waals surface area contributed by atoms with Gasteiger partial charge in [-0.3, -0.25) is 9.59 Å². The van der Waals surface area contributed by atoms with Gasteiger partial charge in [-0.15, -0.1) is 0 Å². The molecule has 0 aromatic heterocycles. The minimum Gasteiger partial charge on any atom is -0.548 e. The fourth-order valence-corrected chi connectivity index (χ4v) is 2.56. The summed E-state index contributed by atoms with van der Waals surface area (Å²) in [5.41, 5.74) is -3.97. The molecule has 7 nitrogen and oxygen atoms in total. The lowest BCUT2D eigenvalue weighted by atomic mass is 10.0. The highest BCUT2D eigenvalue weighted by Gasteiger charge is 2.55. The molecule has 2 amide bonds. The Labute approximate surface area is 164 Å². The summed E-state index contributed by atoms with van der Waals surface area (Å²) in [6.45, 7) is 3.46. The van der Waals surface area contributed by atoms with Crippen LogP contribution in [0.15, 0.2) is 18.2 Å². The molecule has 156 valence electrons. The maximum Gasteiger partial charge on any atom is 0.426 e. The zero-order chi connectivity index (χ0) is 22.0. The number of anilines is 1. The third-order valence-corrected chi connectivity index (χ3v) is 4.38. The van der Waals surface area contributed by atoms with E-state index in [1.54, 1.807) is 13.8 Å². The van der Waals surface area contributed by atoms with Crippen LogP contribution in [0, 0.1) is 5.92 Å². The summed E-state index contributed by atoms with van der Waals surface area (Å²) in [5.74, 6) is -4.37. The number of carboxylic acids is 1. The van der Waals surface area contributed by atoms with Crippen molar-refractivity contribution in [2.45, 2.75) is 38.6 Å². The van der Waals surface area contributed by atoms with Gasteiger partial charge in [0.1, 0.15) is 0 Å². The van der Waals surface area contributed by atoms with Gasteiger partial charge in [0.15, 0.2) is 0 Å². The summed E-state index contributed by atoms with van der Waals surface area (Å²) in [5, 5.41) is 22.2. The van der Waals surface area contributed by atoms with E-state index in [0.29, 0.717) is 0 Å². The molecule has 28 heavy (non-hydrogen) atoms. The topological polar surface area (TPSA) is 110 Å². The first-order chi connectivity index (χ1) is 12.6. The van der Waals surface area contributed by atoms with E-state index in [-0.39, 0.29) is 23.2 Å². The first-order valence-electron chi connectivity index (χ1n) is 7.99. The first kappa shape index (κ1) is 23.7. The van der Waals surface area contributed by atoms with E-state index in [9.17, 15) is 37.8 Å². The number of nitrogens with one attached hydrogen (secondary N) is 1. The standard InChI is InChI=1S/C17H20ClF3N2O5/c1-8(2)12(14(25)26)23(4)13(24)9-5-6-11(10(18)7-9)22-15(27)16(3,28)17(19,20)21/h5-8,12,28H,1-4H3,(H,22,27)(H,25,26)/p-1/t12-,16+/m0/s1. The number of likely N-dealkylation sites (N-methyl/N-ethyl adjacent to an activating group) is 1. The van der Waals surface area contributed by atoms with Crippen molar-refractivity contribution >= 4 is 35.1 Å². The lowest BCUT2D eigenvalue weighted by molar-refractivity contribution is -0.312. The van der Waals surface area contributed by atoms with Gasteiger partial charge in [0.05, 0.1) is 22.7 Å². The van der Waals surface area contributed by atoms with E-state index >= 15 is 0 Å². The molecule has 0 unspecified atom stereocenters. The maximum absolute atomic E-state index is 12.7. The summed E-state index contributed by atoms with van der Waals surface area (Å²) >= 11 is 5.91. The van der Waals surface area contributed by atoms with Gasteiger partial charge in [-0.25, -0.2) is 0 Å². The molecular formula is C17H19ClF3N2O5-. The van der Waals surface area contributed by atoms with Crippen LogP contribution in [0.2, 0.25) is 5.02 Å². The molecule has 0 heterocycles. The number of rotatable bonds is 6. The van der Waals surface area contributed by atoms with Crippen molar-refractivity contribution in [1.82, 2.24) is 4.90 Å². The molecule has 11 heteroatoms. The zero-order valence-corrected chi connectivity index (χ0v) is 16.2. The highest BCUT2D eigenvalue weighted by atomic mass is 35.5. The van der Waals surface area contributed by atoms with E-state index in [4.69, 9.17) is 11.6 Å². The number of nitrogens with zero attached hydrogens (tertiary/aromatic N) is 1. The minimum atomic E-state index is -5.21. The summed E-state index contributed by atoms with van der Waals surface area (Å²) in [6, 6.07) is 2.06. The van der Waals surface area contributed by atoms with Crippen LogP contribution in [0.4, 0.5) is 18.9 Å². The van der Waals surface area contributed by atoms with Crippen molar-refractivity contribution in [3.05, 3.63) is 28.8 Å². The molecule has 0 aliphatic rings. The van der Waals surface area contributed by atoms with Crippen LogP contribution in [0.3, 0.4) is 0 Å². The van der Waals surface area contributed by atoms with Gasteiger partial charge < -0.3 is 25.2 Å². The average Bonchev–Trinajstić information content (AvgIpc) is 2.53. The van der Waals surface area contributed by atoms with Crippen molar-refractivity contribution in [3.8, 4) is 0 Å². The van der Waals surface area contributed by atoms with Gasteiger partial charge in [-0.2, -0.15) is 13.2 Å². The Hall–Kier alpha value is -2.33. The van der Waals surface area contributed by atoms with E-state index in [0.717, 1.165) is 23.1 Å². The normalized spacial score (nSPS) is 14.9. The molecule has 0 radical (unpaired) electrons. The average molecular weight is 424 g/mol. The van der Waals surface area contributed by atoms with Gasteiger partial charge in [0.2, 0.25) is 5.60 Å². The number of amides is 2. The summed E-state index contributed by atoms with van der Waals surface area (Å²) < 4.78 is 38.1. The number of carbonyl (C=O) groups is 3. The number of halogens is 4. The van der Waals surface area contributed by atoms with Crippen molar-refractivity contribution in [1.29, 1.82) is 0 Å². The van der Waals surface area contributed by atoms with Crippen LogP contribution in [0.1, 0.15) is 31.1 Å². The molecule has 0 aliphatic heterocycles. The first-order valence-corrected chi connectivity index (χ1v) is 8.37. The molecule has 0 saturated carbocycles. The van der Waals surface area contributed by atoms with Crippen LogP contribution < -0.4 is 10.4 Å². The number of carboxylic acid groups (broad SMARTS) is 1.